The molecule has 1 aromatic rings. The van der Waals surface area contributed by atoms with E-state index >= 15 is 0 Å². The molecule has 10 heteroatoms. The average molecular weight is 348 g/mol. The highest BCUT2D eigenvalue weighted by Crippen LogP contribution is 2.17. The maximum atomic E-state index is 12.3. The van der Waals surface area contributed by atoms with E-state index in [-0.39, 0.29) is 24.9 Å². The summed E-state index contributed by atoms with van der Waals surface area (Å²) in [6.45, 7) is 3.68. The molecule has 4 amide bonds. The summed E-state index contributed by atoms with van der Waals surface area (Å²) in [7, 11) is 1.55. The Bertz CT molecular complexity index is 685. The number of nitrogens with one attached hydrogen (secondary N) is 1. The molecule has 3 heterocycles. The molecule has 0 saturated carbocycles. The molecule has 0 radical (unpaired) electrons. The van der Waals surface area contributed by atoms with Crippen LogP contribution in [0, 0.1) is 6.92 Å². The maximum absolute atomic E-state index is 12.3. The molecule has 0 atom stereocenters. The molecule has 0 spiro atoms. The third kappa shape index (κ3) is 3.62. The van der Waals surface area contributed by atoms with E-state index in [1.54, 1.807) is 18.1 Å². The van der Waals surface area contributed by atoms with Crippen molar-refractivity contribution in [2.45, 2.75) is 6.92 Å². The number of rotatable bonds is 4. The van der Waals surface area contributed by atoms with Crippen LogP contribution in [0.1, 0.15) is 5.69 Å². The van der Waals surface area contributed by atoms with Gasteiger partial charge in [-0.2, -0.15) is 4.98 Å². The van der Waals surface area contributed by atoms with E-state index in [9.17, 15) is 14.4 Å². The molecular formula is C15H20N6O4. The van der Waals surface area contributed by atoms with Crippen LogP contribution in [0.4, 0.5) is 10.7 Å². The number of hydrogen-bond acceptors (Lipinski definition) is 7. The summed E-state index contributed by atoms with van der Waals surface area (Å²) < 4.78 is 5.16. The van der Waals surface area contributed by atoms with Crippen molar-refractivity contribution < 1.29 is 19.1 Å². The minimum absolute atomic E-state index is 0.0492. The molecular weight excluding hydrogens is 328 g/mol. The Kier molecular flexibility index (Phi) is 4.68. The van der Waals surface area contributed by atoms with E-state index in [0.717, 1.165) is 10.6 Å². The zero-order valence-corrected chi connectivity index (χ0v) is 14.2. The van der Waals surface area contributed by atoms with Crippen LogP contribution >= 0.6 is 0 Å². The Hall–Kier alpha value is -2.91. The van der Waals surface area contributed by atoms with Gasteiger partial charge in [0.05, 0.1) is 13.7 Å². The van der Waals surface area contributed by atoms with E-state index in [2.05, 4.69) is 15.3 Å². The Morgan fingerprint density at radius 1 is 1.24 bits per heavy atom. The van der Waals surface area contributed by atoms with Crippen LogP contribution in [-0.4, -0.2) is 84.0 Å². The second-order valence-electron chi connectivity index (χ2n) is 5.86. The van der Waals surface area contributed by atoms with Gasteiger partial charge in [0.2, 0.25) is 17.7 Å². The number of imide groups is 1. The molecule has 0 aliphatic carbocycles. The Morgan fingerprint density at radius 2 is 1.96 bits per heavy atom. The first-order valence-corrected chi connectivity index (χ1v) is 7.98. The Morgan fingerprint density at radius 3 is 2.56 bits per heavy atom. The van der Waals surface area contributed by atoms with E-state index in [0.29, 0.717) is 38.0 Å². The zero-order chi connectivity index (χ0) is 18.0. The number of piperazine rings is 1. The average Bonchev–Trinajstić information content (AvgIpc) is 2.93. The fourth-order valence-corrected chi connectivity index (χ4v) is 2.78. The SMILES string of the molecule is COc1cc(C)nc(N2CCN(C(=O)CN3C(=O)CNC3=O)CC2)n1. The van der Waals surface area contributed by atoms with Crippen LogP contribution in [0.2, 0.25) is 0 Å². The first kappa shape index (κ1) is 16.9. The standard InChI is InChI=1S/C15H20N6O4/c1-10-7-11(25-2)18-14(17-10)20-5-3-19(4-6-20)13(23)9-21-12(22)8-16-15(21)24/h7H,3-6,8-9H2,1-2H3,(H,16,24). The van der Waals surface area contributed by atoms with Gasteiger partial charge in [0, 0.05) is 37.9 Å². The topological polar surface area (TPSA) is 108 Å². The largest absolute Gasteiger partial charge is 0.481 e. The van der Waals surface area contributed by atoms with Crippen LogP contribution in [0.25, 0.3) is 0 Å². The fraction of sp³-hybridized carbons (Fsp3) is 0.533. The quantitative estimate of drug-likeness (QED) is 0.695. The van der Waals surface area contributed by atoms with Gasteiger partial charge in [-0.25, -0.2) is 9.78 Å². The maximum Gasteiger partial charge on any atom is 0.325 e. The van der Waals surface area contributed by atoms with Crippen molar-refractivity contribution in [2.75, 3.05) is 51.3 Å². The molecule has 3 rings (SSSR count). The van der Waals surface area contributed by atoms with Crippen molar-refractivity contribution in [3.05, 3.63) is 11.8 Å². The molecule has 0 aromatic carbocycles. The lowest BCUT2D eigenvalue weighted by Crippen LogP contribution is -2.52. The van der Waals surface area contributed by atoms with Gasteiger partial charge in [-0.1, -0.05) is 0 Å². The van der Waals surface area contributed by atoms with E-state index in [1.807, 2.05) is 11.8 Å². The molecule has 1 aromatic heterocycles. The minimum atomic E-state index is -0.516. The zero-order valence-electron chi connectivity index (χ0n) is 14.2. The summed E-state index contributed by atoms with van der Waals surface area (Å²) >= 11 is 0. The van der Waals surface area contributed by atoms with Gasteiger partial charge in [0.15, 0.2) is 0 Å². The number of anilines is 1. The predicted molar refractivity (Wildman–Crippen MR) is 87.2 cm³/mol. The number of aryl methyl sites for hydroxylation is 1. The van der Waals surface area contributed by atoms with Crippen molar-refractivity contribution in [1.29, 1.82) is 0 Å². The normalized spacial score (nSPS) is 17.8. The molecule has 0 unspecified atom stereocenters. The first-order valence-electron chi connectivity index (χ1n) is 7.98. The van der Waals surface area contributed by atoms with Gasteiger partial charge < -0.3 is 19.9 Å². The number of carbonyl (C=O) groups is 3. The van der Waals surface area contributed by atoms with Crippen molar-refractivity contribution in [3.63, 3.8) is 0 Å². The number of nitrogens with zero attached hydrogens (tertiary/aromatic N) is 5. The predicted octanol–water partition coefficient (Wildman–Crippen LogP) is -1.01. The molecule has 25 heavy (non-hydrogen) atoms. The smallest absolute Gasteiger partial charge is 0.325 e. The molecule has 134 valence electrons. The number of methoxy groups -OCH3 is 1. The number of aromatic nitrogens is 2. The Labute approximate surface area is 144 Å². The highest BCUT2D eigenvalue weighted by molar-refractivity contribution is 6.04. The second kappa shape index (κ2) is 6.91. The lowest BCUT2D eigenvalue weighted by Gasteiger charge is -2.35. The van der Waals surface area contributed by atoms with Gasteiger partial charge in [0.25, 0.3) is 5.91 Å². The minimum Gasteiger partial charge on any atom is -0.481 e. The third-order valence-corrected chi connectivity index (χ3v) is 4.17. The number of hydrogen-bond donors (Lipinski definition) is 1. The van der Waals surface area contributed by atoms with Gasteiger partial charge in [0.1, 0.15) is 6.54 Å². The summed E-state index contributed by atoms with van der Waals surface area (Å²) in [4.78, 5) is 48.7. The van der Waals surface area contributed by atoms with Crippen LogP contribution in [0.3, 0.4) is 0 Å². The molecule has 2 fully saturated rings. The van der Waals surface area contributed by atoms with Crippen LogP contribution in [0.15, 0.2) is 6.07 Å². The van der Waals surface area contributed by atoms with Gasteiger partial charge in [-0.3, -0.25) is 14.5 Å². The molecule has 0 bridgehead atoms. The van der Waals surface area contributed by atoms with Gasteiger partial charge in [-0.15, -0.1) is 0 Å². The second-order valence-corrected chi connectivity index (χ2v) is 5.86. The molecule has 1 N–H and O–H groups in total. The fourth-order valence-electron chi connectivity index (χ4n) is 2.78. The number of ether oxygens (including phenoxy) is 1. The first-order chi connectivity index (χ1) is 12.0. The summed E-state index contributed by atoms with van der Waals surface area (Å²) in [6, 6.07) is 1.23. The lowest BCUT2D eigenvalue weighted by molar-refractivity contribution is -0.136. The van der Waals surface area contributed by atoms with Crippen LogP contribution in [-0.2, 0) is 9.59 Å². The lowest BCUT2D eigenvalue weighted by atomic mass is 10.3. The summed E-state index contributed by atoms with van der Waals surface area (Å²) in [6.07, 6.45) is 0. The number of carbonyl (C=O) groups excluding carboxylic acids is 3. The Balaban J connectivity index is 1.58. The van der Waals surface area contributed by atoms with E-state index < -0.39 is 6.03 Å². The van der Waals surface area contributed by atoms with Gasteiger partial charge >= 0.3 is 6.03 Å². The summed E-state index contributed by atoms with van der Waals surface area (Å²) in [5.74, 6) is 0.447. The highest BCUT2D eigenvalue weighted by atomic mass is 16.5. The van der Waals surface area contributed by atoms with Crippen molar-refractivity contribution >= 4 is 23.8 Å². The monoisotopic (exact) mass is 348 g/mol. The molecule has 10 nitrogen and oxygen atoms in total. The number of urea groups is 1. The molecule has 2 aliphatic heterocycles. The third-order valence-electron chi connectivity index (χ3n) is 4.17. The molecule has 2 aliphatic rings. The van der Waals surface area contributed by atoms with Crippen molar-refractivity contribution in [3.8, 4) is 5.88 Å². The van der Waals surface area contributed by atoms with E-state index in [4.69, 9.17) is 4.74 Å². The van der Waals surface area contributed by atoms with Crippen molar-refractivity contribution in [2.24, 2.45) is 0 Å². The van der Waals surface area contributed by atoms with Crippen LogP contribution < -0.4 is 15.0 Å². The van der Waals surface area contributed by atoms with Gasteiger partial charge in [-0.05, 0) is 6.92 Å². The summed E-state index contributed by atoms with van der Waals surface area (Å²) in [5, 5.41) is 2.40. The van der Waals surface area contributed by atoms with E-state index in [1.165, 1.54) is 0 Å². The summed E-state index contributed by atoms with van der Waals surface area (Å²) in [5.41, 5.74) is 0.805. The molecule has 2 saturated heterocycles. The highest BCUT2D eigenvalue weighted by Gasteiger charge is 2.32. The van der Waals surface area contributed by atoms with Crippen molar-refractivity contribution in [1.82, 2.24) is 25.1 Å². The number of amides is 4. The van der Waals surface area contributed by atoms with Crippen LogP contribution in [0.5, 0.6) is 5.88 Å².